The number of hydrogen-bond donors (Lipinski definition) is 1. The lowest BCUT2D eigenvalue weighted by molar-refractivity contribution is -0.140. The molecule has 0 heterocycles. The highest BCUT2D eigenvalue weighted by molar-refractivity contribution is 7.92. The summed E-state index contributed by atoms with van der Waals surface area (Å²) in [5, 5.41) is 3.68. The first-order valence-electron chi connectivity index (χ1n) is 14.4. The highest BCUT2D eigenvalue weighted by Gasteiger charge is 2.34. The van der Waals surface area contributed by atoms with E-state index in [9.17, 15) is 18.0 Å². The van der Waals surface area contributed by atoms with Crippen molar-refractivity contribution in [3.63, 3.8) is 0 Å². The number of nitrogens with zero attached hydrogens (tertiary/aromatic N) is 2. The van der Waals surface area contributed by atoms with Gasteiger partial charge in [-0.25, -0.2) is 8.42 Å². The smallest absolute Gasteiger partial charge is 0.244 e. The Kier molecular flexibility index (Phi) is 10.7. The number of benzene rings is 3. The number of amides is 2. The van der Waals surface area contributed by atoms with Gasteiger partial charge in [0.05, 0.1) is 11.9 Å². The minimum absolute atomic E-state index is 0.0456. The number of anilines is 1. The number of rotatable bonds is 11. The molecule has 4 rings (SSSR count). The van der Waals surface area contributed by atoms with Gasteiger partial charge in [-0.3, -0.25) is 13.9 Å². The van der Waals surface area contributed by atoms with Crippen molar-refractivity contribution in [2.75, 3.05) is 17.1 Å². The van der Waals surface area contributed by atoms with Crippen molar-refractivity contribution in [3.05, 3.63) is 100 Å². The summed E-state index contributed by atoms with van der Waals surface area (Å²) in [7, 11) is -3.84. The van der Waals surface area contributed by atoms with Gasteiger partial charge >= 0.3 is 0 Å². The number of sulfonamides is 1. The molecule has 0 radical (unpaired) electrons. The zero-order valence-corrected chi connectivity index (χ0v) is 26.1. The Morgan fingerprint density at radius 1 is 0.952 bits per heavy atom. The molecule has 1 fully saturated rings. The van der Waals surface area contributed by atoms with Gasteiger partial charge in [0.25, 0.3) is 0 Å². The highest BCUT2D eigenvalue weighted by atomic mass is 35.5. The Morgan fingerprint density at radius 2 is 1.62 bits per heavy atom. The van der Waals surface area contributed by atoms with Gasteiger partial charge in [-0.1, -0.05) is 91.5 Å². The molecule has 1 atom stereocenters. The molecule has 1 aliphatic rings. The van der Waals surface area contributed by atoms with E-state index in [2.05, 4.69) is 5.32 Å². The fourth-order valence-electron chi connectivity index (χ4n) is 5.49. The molecule has 0 aliphatic heterocycles. The first kappa shape index (κ1) is 31.6. The van der Waals surface area contributed by atoms with Gasteiger partial charge in [-0.15, -0.1) is 0 Å². The number of carbonyl (C=O) groups excluding carboxylic acids is 2. The maximum absolute atomic E-state index is 14.3. The van der Waals surface area contributed by atoms with Crippen LogP contribution < -0.4 is 9.62 Å². The van der Waals surface area contributed by atoms with E-state index in [0.717, 1.165) is 59.4 Å². The average Bonchev–Trinajstić information content (AvgIpc) is 2.96. The summed E-state index contributed by atoms with van der Waals surface area (Å²) in [5.74, 6) is -0.732. The molecule has 42 heavy (non-hydrogen) atoms. The van der Waals surface area contributed by atoms with Gasteiger partial charge in [0.15, 0.2) is 0 Å². The van der Waals surface area contributed by atoms with Crippen molar-refractivity contribution in [2.45, 2.75) is 71.0 Å². The van der Waals surface area contributed by atoms with E-state index in [1.165, 1.54) is 4.90 Å². The average molecular weight is 610 g/mol. The van der Waals surface area contributed by atoms with Crippen LogP contribution in [-0.2, 0) is 32.6 Å². The molecule has 1 aliphatic carbocycles. The molecule has 0 saturated heterocycles. The fourth-order valence-corrected chi connectivity index (χ4v) is 6.59. The lowest BCUT2D eigenvalue weighted by Gasteiger charge is -2.35. The predicted octanol–water partition coefficient (Wildman–Crippen LogP) is 5.81. The molecule has 0 aromatic heterocycles. The molecule has 3 aromatic rings. The van der Waals surface area contributed by atoms with Crippen molar-refractivity contribution in [2.24, 2.45) is 0 Å². The van der Waals surface area contributed by atoms with E-state index >= 15 is 0 Å². The van der Waals surface area contributed by atoms with Gasteiger partial charge in [-0.2, -0.15) is 0 Å². The largest absolute Gasteiger partial charge is 0.352 e. The van der Waals surface area contributed by atoms with Crippen LogP contribution in [-0.4, -0.2) is 50.0 Å². The Balaban J connectivity index is 1.75. The Hall–Kier alpha value is -3.36. The second-order valence-electron chi connectivity index (χ2n) is 11.2. The summed E-state index contributed by atoms with van der Waals surface area (Å²) in [6.07, 6.45) is 6.42. The standard InChI is InChI=1S/C33H40ClN3O4S/c1-24-18-19-25(2)30(20-24)37(42(3,40)41)23-32(38)36(22-27-14-10-11-17-29(27)34)31(21-26-12-6-4-7-13-26)33(39)35-28-15-8-5-9-16-28/h4,6-7,10-14,17-20,28,31H,5,8-9,15-16,21-23H2,1-3H3,(H,35,39)/t31-/m1/s1. The maximum Gasteiger partial charge on any atom is 0.244 e. The molecule has 1 saturated carbocycles. The van der Waals surface area contributed by atoms with E-state index in [1.807, 2.05) is 68.4 Å². The molecule has 0 unspecified atom stereocenters. The van der Waals surface area contributed by atoms with Crippen LogP contribution >= 0.6 is 11.6 Å². The summed E-state index contributed by atoms with van der Waals surface area (Å²) < 4.78 is 27.3. The van der Waals surface area contributed by atoms with E-state index in [0.29, 0.717) is 16.3 Å². The lowest BCUT2D eigenvalue weighted by Crippen LogP contribution is -2.55. The van der Waals surface area contributed by atoms with Crippen molar-refractivity contribution in [1.29, 1.82) is 0 Å². The summed E-state index contributed by atoms with van der Waals surface area (Å²) in [6.45, 7) is 3.29. The SMILES string of the molecule is Cc1ccc(C)c(N(CC(=O)N(Cc2ccccc2Cl)[C@H](Cc2ccccc2)C(=O)NC2CCCCC2)S(C)(=O)=O)c1. The molecule has 9 heteroatoms. The minimum Gasteiger partial charge on any atom is -0.352 e. The molecule has 3 aromatic carbocycles. The fraction of sp³-hybridized carbons (Fsp3) is 0.394. The predicted molar refractivity (Wildman–Crippen MR) is 169 cm³/mol. The first-order chi connectivity index (χ1) is 20.0. The Labute approximate surface area is 254 Å². The minimum atomic E-state index is -3.84. The van der Waals surface area contributed by atoms with Crippen LogP contribution in [0.3, 0.4) is 0 Å². The van der Waals surface area contributed by atoms with Gasteiger partial charge < -0.3 is 10.2 Å². The zero-order chi connectivity index (χ0) is 30.3. The normalized spacial score (nSPS) is 14.7. The first-order valence-corrected chi connectivity index (χ1v) is 16.7. The quantitative estimate of drug-likeness (QED) is 0.297. The topological polar surface area (TPSA) is 86.8 Å². The summed E-state index contributed by atoms with van der Waals surface area (Å²) in [5.41, 5.74) is 3.61. The molecule has 7 nitrogen and oxygen atoms in total. The number of hydrogen-bond acceptors (Lipinski definition) is 4. The number of halogens is 1. The molecule has 224 valence electrons. The highest BCUT2D eigenvalue weighted by Crippen LogP contribution is 2.26. The second-order valence-corrected chi connectivity index (χ2v) is 13.5. The van der Waals surface area contributed by atoms with Crippen molar-refractivity contribution >= 4 is 39.1 Å². The summed E-state index contributed by atoms with van der Waals surface area (Å²) in [6, 6.07) is 21.4. The number of carbonyl (C=O) groups is 2. The van der Waals surface area contributed by atoms with E-state index in [-0.39, 0.29) is 24.9 Å². The van der Waals surface area contributed by atoms with Gasteiger partial charge in [0, 0.05) is 24.0 Å². The van der Waals surface area contributed by atoms with Crippen molar-refractivity contribution < 1.29 is 18.0 Å². The van der Waals surface area contributed by atoms with Crippen molar-refractivity contribution in [3.8, 4) is 0 Å². The summed E-state index contributed by atoms with van der Waals surface area (Å²) >= 11 is 6.54. The van der Waals surface area contributed by atoms with Crippen LogP contribution in [0.4, 0.5) is 5.69 Å². The molecular weight excluding hydrogens is 570 g/mol. The van der Waals surface area contributed by atoms with E-state index in [4.69, 9.17) is 11.6 Å². The number of nitrogens with one attached hydrogen (secondary N) is 1. The van der Waals surface area contributed by atoms with Crippen LogP contribution in [0.2, 0.25) is 5.02 Å². The van der Waals surface area contributed by atoms with Gasteiger partial charge in [0.1, 0.15) is 12.6 Å². The zero-order valence-electron chi connectivity index (χ0n) is 24.6. The second kappa shape index (κ2) is 14.2. The molecule has 0 bridgehead atoms. The monoisotopic (exact) mass is 609 g/mol. The van der Waals surface area contributed by atoms with E-state index in [1.54, 1.807) is 18.2 Å². The van der Waals surface area contributed by atoms with Crippen molar-refractivity contribution in [1.82, 2.24) is 10.2 Å². The molecule has 1 N–H and O–H groups in total. The maximum atomic E-state index is 14.3. The van der Waals surface area contributed by atoms with Crippen LogP contribution in [0.5, 0.6) is 0 Å². The third-order valence-electron chi connectivity index (χ3n) is 7.83. The van der Waals surface area contributed by atoms with E-state index < -0.39 is 28.5 Å². The lowest BCUT2D eigenvalue weighted by atomic mass is 9.94. The third kappa shape index (κ3) is 8.35. The van der Waals surface area contributed by atoms with Crippen LogP contribution in [0.25, 0.3) is 0 Å². The Bertz CT molecular complexity index is 1490. The van der Waals surface area contributed by atoms with Gasteiger partial charge in [0.2, 0.25) is 21.8 Å². The van der Waals surface area contributed by atoms with Crippen LogP contribution in [0, 0.1) is 13.8 Å². The van der Waals surface area contributed by atoms with Gasteiger partial charge in [-0.05, 0) is 61.1 Å². The third-order valence-corrected chi connectivity index (χ3v) is 9.33. The van der Waals surface area contributed by atoms with Crippen LogP contribution in [0.15, 0.2) is 72.8 Å². The van der Waals surface area contributed by atoms with Crippen LogP contribution in [0.1, 0.15) is 54.4 Å². The summed E-state index contributed by atoms with van der Waals surface area (Å²) in [4.78, 5) is 29.8. The number of aryl methyl sites for hydroxylation is 2. The molecular formula is C33H40ClN3O4S. The molecule has 2 amide bonds. The molecule has 0 spiro atoms. The Morgan fingerprint density at radius 3 is 2.29 bits per heavy atom.